The molecule has 0 bridgehead atoms. The van der Waals surface area contributed by atoms with E-state index in [0.717, 1.165) is 5.56 Å². The molecule has 0 amide bonds. The molecule has 0 aliphatic heterocycles. The molecule has 3 nitrogen and oxygen atoms in total. The van der Waals surface area contributed by atoms with Crippen molar-refractivity contribution in [3.05, 3.63) is 18.1 Å². The molecule has 0 radical (unpaired) electrons. The van der Waals surface area contributed by atoms with E-state index in [-0.39, 0.29) is 0 Å². The largest absolute Gasteiger partial charge is 0.480 e. The number of nitrogens with zero attached hydrogens (tertiary/aromatic N) is 2. The Hall–Kier alpha value is -1.34. The Balaban J connectivity index is 3.00. The minimum Gasteiger partial charge on any atom is -0.480 e. The summed E-state index contributed by atoms with van der Waals surface area (Å²) in [6, 6.07) is 0. The summed E-state index contributed by atoms with van der Waals surface area (Å²) in [6.07, 6.45) is 3.14. The van der Waals surface area contributed by atoms with Crippen LogP contribution in [0.5, 0.6) is 5.88 Å². The zero-order valence-electron chi connectivity index (χ0n) is 8.96. The van der Waals surface area contributed by atoms with Crippen molar-refractivity contribution in [3.8, 4) is 17.3 Å². The Morgan fingerprint density at radius 1 is 1.36 bits per heavy atom. The maximum Gasteiger partial charge on any atom is 0.232 e. The molecule has 0 saturated carbocycles. The van der Waals surface area contributed by atoms with Gasteiger partial charge < -0.3 is 4.74 Å². The number of aromatic nitrogens is 2. The van der Waals surface area contributed by atoms with Gasteiger partial charge >= 0.3 is 0 Å². The first-order valence-electron chi connectivity index (χ1n) is 4.40. The topological polar surface area (TPSA) is 35.0 Å². The van der Waals surface area contributed by atoms with Gasteiger partial charge in [0, 0.05) is 6.20 Å². The molecule has 1 aromatic rings. The van der Waals surface area contributed by atoms with Crippen LogP contribution >= 0.6 is 0 Å². The van der Waals surface area contributed by atoms with E-state index >= 15 is 0 Å². The van der Waals surface area contributed by atoms with E-state index in [4.69, 9.17) is 4.74 Å². The summed E-state index contributed by atoms with van der Waals surface area (Å²) in [5.41, 5.74) is 4.00. The summed E-state index contributed by atoms with van der Waals surface area (Å²) in [5.74, 6) is 3.61. The van der Waals surface area contributed by atoms with Crippen LogP contribution in [-0.4, -0.2) is 25.2 Å². The molecule has 0 aromatic carbocycles. The van der Waals surface area contributed by atoms with Gasteiger partial charge in [0.15, 0.2) is 0 Å². The third-order valence-electron chi connectivity index (χ3n) is 1.44. The minimum atomic E-state index is -1.35. The van der Waals surface area contributed by atoms with Crippen LogP contribution in [0.2, 0.25) is 19.6 Å². The minimum absolute atomic E-state index is 0.547. The summed E-state index contributed by atoms with van der Waals surface area (Å²) in [4.78, 5) is 7.89. The van der Waals surface area contributed by atoms with Crippen LogP contribution in [0.4, 0.5) is 0 Å². The van der Waals surface area contributed by atoms with E-state index in [0.29, 0.717) is 5.88 Å². The Labute approximate surface area is 85.6 Å². The summed E-state index contributed by atoms with van der Waals surface area (Å²) < 4.78 is 5.07. The van der Waals surface area contributed by atoms with Crippen LogP contribution in [0.3, 0.4) is 0 Å². The molecular weight excluding hydrogens is 192 g/mol. The lowest BCUT2D eigenvalue weighted by Gasteiger charge is -2.04. The Morgan fingerprint density at radius 3 is 2.64 bits per heavy atom. The van der Waals surface area contributed by atoms with E-state index in [2.05, 4.69) is 41.1 Å². The third kappa shape index (κ3) is 3.19. The summed E-state index contributed by atoms with van der Waals surface area (Å²) in [6.45, 7) is 6.57. The fraction of sp³-hybridized carbons (Fsp3) is 0.400. The van der Waals surface area contributed by atoms with E-state index < -0.39 is 8.07 Å². The molecule has 0 fully saturated rings. The Bertz CT molecular complexity index is 374. The predicted molar refractivity (Wildman–Crippen MR) is 58.8 cm³/mol. The zero-order chi connectivity index (χ0) is 10.6. The SMILES string of the molecule is COc1ncncc1C#C[Si](C)(C)C. The first-order valence-corrected chi connectivity index (χ1v) is 7.90. The second-order valence-electron chi connectivity index (χ2n) is 3.95. The van der Waals surface area contributed by atoms with Crippen LogP contribution in [0.25, 0.3) is 0 Å². The second kappa shape index (κ2) is 4.25. The van der Waals surface area contributed by atoms with Crippen molar-refractivity contribution in [2.24, 2.45) is 0 Å². The van der Waals surface area contributed by atoms with E-state index in [1.165, 1.54) is 6.33 Å². The van der Waals surface area contributed by atoms with Gasteiger partial charge in [-0.1, -0.05) is 25.6 Å². The number of hydrogen-bond donors (Lipinski definition) is 0. The van der Waals surface area contributed by atoms with Crippen molar-refractivity contribution in [3.63, 3.8) is 0 Å². The summed E-state index contributed by atoms with van der Waals surface area (Å²) in [7, 11) is 0.237. The molecule has 0 N–H and O–H groups in total. The van der Waals surface area contributed by atoms with Crippen LogP contribution in [-0.2, 0) is 0 Å². The lowest BCUT2D eigenvalue weighted by Crippen LogP contribution is -2.16. The van der Waals surface area contributed by atoms with Crippen LogP contribution < -0.4 is 4.74 Å². The molecule has 0 atom stereocenters. The quantitative estimate of drug-likeness (QED) is 0.518. The smallest absolute Gasteiger partial charge is 0.232 e. The molecule has 0 unspecified atom stereocenters. The maximum absolute atomic E-state index is 5.07. The fourth-order valence-corrected chi connectivity index (χ4v) is 1.33. The lowest BCUT2D eigenvalue weighted by atomic mass is 10.3. The van der Waals surface area contributed by atoms with Gasteiger partial charge in [0.05, 0.1) is 7.11 Å². The van der Waals surface area contributed by atoms with E-state index in [9.17, 15) is 0 Å². The second-order valence-corrected chi connectivity index (χ2v) is 8.70. The average molecular weight is 206 g/mol. The summed E-state index contributed by atoms with van der Waals surface area (Å²) in [5, 5.41) is 0. The van der Waals surface area contributed by atoms with E-state index in [1.807, 2.05) is 0 Å². The van der Waals surface area contributed by atoms with Crippen LogP contribution in [0, 0.1) is 11.5 Å². The highest BCUT2D eigenvalue weighted by atomic mass is 28.3. The van der Waals surface area contributed by atoms with Gasteiger partial charge in [-0.3, -0.25) is 0 Å². The van der Waals surface area contributed by atoms with Gasteiger partial charge in [0.1, 0.15) is 20.0 Å². The molecule has 0 aliphatic rings. The standard InChI is InChI=1S/C10H14N2OSi/c1-13-10-9(7-11-8-12-10)5-6-14(2,3)4/h7-8H,1-4H3. The number of hydrogen-bond acceptors (Lipinski definition) is 3. The molecule has 1 rings (SSSR count). The Kier molecular flexibility index (Phi) is 3.26. The van der Waals surface area contributed by atoms with Gasteiger partial charge in [0.25, 0.3) is 0 Å². The van der Waals surface area contributed by atoms with Gasteiger partial charge in [-0.2, -0.15) is 0 Å². The third-order valence-corrected chi connectivity index (χ3v) is 2.32. The average Bonchev–Trinajstić information content (AvgIpc) is 2.14. The van der Waals surface area contributed by atoms with Crippen molar-refractivity contribution in [1.29, 1.82) is 0 Å². The molecule has 1 aromatic heterocycles. The molecule has 74 valence electrons. The molecule has 4 heteroatoms. The van der Waals surface area contributed by atoms with Crippen LogP contribution in [0.15, 0.2) is 12.5 Å². The molecule has 14 heavy (non-hydrogen) atoms. The van der Waals surface area contributed by atoms with Gasteiger partial charge in [0.2, 0.25) is 5.88 Å². The van der Waals surface area contributed by atoms with Crippen molar-refractivity contribution in [1.82, 2.24) is 9.97 Å². The first-order chi connectivity index (χ1) is 6.53. The number of ether oxygens (including phenoxy) is 1. The molecule has 0 aliphatic carbocycles. The molecular formula is C10H14N2OSi. The highest BCUT2D eigenvalue weighted by molar-refractivity contribution is 6.83. The van der Waals surface area contributed by atoms with Crippen molar-refractivity contribution in [2.75, 3.05) is 7.11 Å². The van der Waals surface area contributed by atoms with Gasteiger partial charge in [-0.05, 0) is 0 Å². The van der Waals surface area contributed by atoms with Crippen LogP contribution in [0.1, 0.15) is 5.56 Å². The predicted octanol–water partition coefficient (Wildman–Crippen LogP) is 1.71. The van der Waals surface area contributed by atoms with Crippen molar-refractivity contribution < 1.29 is 4.74 Å². The normalized spacial score (nSPS) is 10.3. The highest BCUT2D eigenvalue weighted by Crippen LogP contribution is 2.10. The lowest BCUT2D eigenvalue weighted by molar-refractivity contribution is 0.395. The fourth-order valence-electron chi connectivity index (χ4n) is 0.822. The zero-order valence-corrected chi connectivity index (χ0v) is 9.96. The Morgan fingerprint density at radius 2 is 2.07 bits per heavy atom. The number of methoxy groups -OCH3 is 1. The summed E-state index contributed by atoms with van der Waals surface area (Å²) >= 11 is 0. The van der Waals surface area contributed by atoms with E-state index in [1.54, 1.807) is 13.3 Å². The molecule has 0 spiro atoms. The first kappa shape index (κ1) is 10.7. The number of rotatable bonds is 1. The van der Waals surface area contributed by atoms with Crippen molar-refractivity contribution >= 4 is 8.07 Å². The maximum atomic E-state index is 5.07. The molecule has 0 saturated heterocycles. The van der Waals surface area contributed by atoms with Crippen molar-refractivity contribution in [2.45, 2.75) is 19.6 Å². The molecule has 1 heterocycles. The van der Waals surface area contributed by atoms with Gasteiger partial charge in [-0.25, -0.2) is 9.97 Å². The monoisotopic (exact) mass is 206 g/mol. The highest BCUT2D eigenvalue weighted by Gasteiger charge is 2.08. The van der Waals surface area contributed by atoms with Gasteiger partial charge in [-0.15, -0.1) is 5.54 Å².